The molecule has 0 aromatic heterocycles. The van der Waals surface area contributed by atoms with Gasteiger partial charge in [0.25, 0.3) is 0 Å². The number of esters is 1. The molecule has 0 radical (unpaired) electrons. The fourth-order valence-electron chi connectivity index (χ4n) is 2.92. The Balaban J connectivity index is 2.04. The maximum Gasteiger partial charge on any atom is 0.356 e. The topological polar surface area (TPSA) is 71.1 Å². The first-order valence-corrected chi connectivity index (χ1v) is 10.5. The molecule has 4 atom stereocenters. The van der Waals surface area contributed by atoms with E-state index < -0.39 is 31.9 Å². The molecule has 6 nitrogen and oxygen atoms in total. The Morgan fingerprint density at radius 2 is 1.85 bits per heavy atom. The Morgan fingerprint density at radius 3 is 2.42 bits per heavy atom. The van der Waals surface area contributed by atoms with Crippen LogP contribution in [0, 0.1) is 0 Å². The number of hydrogen-bond donors (Lipinski definition) is 0. The van der Waals surface area contributed by atoms with Gasteiger partial charge in [-0.3, -0.25) is 4.57 Å². The molecule has 0 spiro atoms. The number of halogens is 1. The van der Waals surface area contributed by atoms with Crippen molar-refractivity contribution in [2.24, 2.45) is 0 Å². The fraction of sp³-hybridized carbons (Fsp3) is 0.588. The molecule has 1 aromatic carbocycles. The predicted octanol–water partition coefficient (Wildman–Crippen LogP) is 2.98. The SMILES string of the molecule is BC1CC(OCP(=O)(OCC)OCC)C(OC(=O)c2ccccc2)C1F. The molecule has 0 aliphatic heterocycles. The van der Waals surface area contributed by atoms with Crippen LogP contribution in [0.25, 0.3) is 0 Å². The van der Waals surface area contributed by atoms with Crippen LogP contribution in [-0.4, -0.2) is 51.8 Å². The first kappa shape index (κ1) is 21.1. The predicted molar refractivity (Wildman–Crippen MR) is 98.1 cm³/mol. The van der Waals surface area contributed by atoms with Crippen molar-refractivity contribution < 1.29 is 32.3 Å². The Hall–Kier alpha value is -1.21. The van der Waals surface area contributed by atoms with Gasteiger partial charge in [-0.25, -0.2) is 9.18 Å². The normalized spacial score (nSPS) is 26.0. The number of carbonyl (C=O) groups excluding carboxylic acids is 1. The Morgan fingerprint density at radius 1 is 1.23 bits per heavy atom. The summed E-state index contributed by atoms with van der Waals surface area (Å²) < 4.78 is 48.4. The molecular weight excluding hydrogens is 361 g/mol. The second-order valence-corrected chi connectivity index (χ2v) is 8.17. The molecule has 4 unspecified atom stereocenters. The number of carbonyl (C=O) groups is 1. The van der Waals surface area contributed by atoms with Gasteiger partial charge in [-0.1, -0.05) is 18.2 Å². The lowest BCUT2D eigenvalue weighted by Crippen LogP contribution is -2.35. The molecule has 26 heavy (non-hydrogen) atoms. The van der Waals surface area contributed by atoms with Gasteiger partial charge >= 0.3 is 13.6 Å². The van der Waals surface area contributed by atoms with E-state index in [4.69, 9.17) is 18.5 Å². The number of alkyl halides is 1. The van der Waals surface area contributed by atoms with E-state index >= 15 is 0 Å². The summed E-state index contributed by atoms with van der Waals surface area (Å²) in [4.78, 5) is 12.3. The molecule has 9 heteroatoms. The minimum absolute atomic E-state index is 0.208. The van der Waals surface area contributed by atoms with Gasteiger partial charge < -0.3 is 18.5 Å². The molecule has 2 rings (SSSR count). The maximum absolute atomic E-state index is 14.5. The summed E-state index contributed by atoms with van der Waals surface area (Å²) >= 11 is 0. The first-order valence-electron chi connectivity index (χ1n) is 8.80. The van der Waals surface area contributed by atoms with Crippen molar-refractivity contribution >= 4 is 21.4 Å². The summed E-state index contributed by atoms with van der Waals surface area (Å²) in [7, 11) is -1.69. The lowest BCUT2D eigenvalue weighted by molar-refractivity contribution is -0.0474. The molecule has 0 amide bonds. The van der Waals surface area contributed by atoms with Crippen LogP contribution < -0.4 is 0 Å². The van der Waals surface area contributed by atoms with Crippen LogP contribution in [0.2, 0.25) is 5.82 Å². The highest BCUT2D eigenvalue weighted by Gasteiger charge is 2.46. The zero-order chi connectivity index (χ0) is 19.2. The van der Waals surface area contributed by atoms with Gasteiger partial charge in [0.15, 0.2) is 6.10 Å². The van der Waals surface area contributed by atoms with Crippen LogP contribution in [-0.2, 0) is 23.1 Å². The van der Waals surface area contributed by atoms with Crippen LogP contribution in [0.15, 0.2) is 30.3 Å². The van der Waals surface area contributed by atoms with Gasteiger partial charge in [0, 0.05) is 0 Å². The van der Waals surface area contributed by atoms with E-state index in [1.165, 1.54) is 0 Å². The second kappa shape index (κ2) is 9.65. The van der Waals surface area contributed by atoms with Crippen molar-refractivity contribution in [3.63, 3.8) is 0 Å². The van der Waals surface area contributed by atoms with Crippen LogP contribution in [0.1, 0.15) is 30.6 Å². The molecule has 144 valence electrons. The number of benzene rings is 1. The third kappa shape index (κ3) is 5.40. The van der Waals surface area contributed by atoms with Crippen LogP contribution >= 0.6 is 7.60 Å². The van der Waals surface area contributed by atoms with Gasteiger partial charge in [-0.2, -0.15) is 0 Å². The third-order valence-corrected chi connectivity index (χ3v) is 5.95. The molecule has 0 N–H and O–H groups in total. The highest BCUT2D eigenvalue weighted by atomic mass is 31.2. The number of ether oxygens (including phenoxy) is 2. The van der Waals surface area contributed by atoms with E-state index in [9.17, 15) is 13.8 Å². The zero-order valence-corrected chi connectivity index (χ0v) is 16.2. The van der Waals surface area contributed by atoms with Gasteiger partial charge in [0.1, 0.15) is 20.4 Å². The third-order valence-electron chi connectivity index (χ3n) is 4.18. The standard InChI is InChI=1S/C17H25BFO6P/c1-3-23-26(21,24-4-2)11-22-14-10-13(18)15(19)16(14)25-17(20)12-8-6-5-7-9-12/h5-9,13-16H,3-4,10-11,18H2,1-2H3. The molecule has 1 aromatic rings. The minimum Gasteiger partial charge on any atom is -0.453 e. The smallest absolute Gasteiger partial charge is 0.356 e. The monoisotopic (exact) mass is 386 g/mol. The fourth-order valence-corrected chi connectivity index (χ4v) is 4.31. The van der Waals surface area contributed by atoms with Crippen LogP contribution in [0.4, 0.5) is 4.39 Å². The van der Waals surface area contributed by atoms with Crippen LogP contribution in [0.3, 0.4) is 0 Å². The Bertz CT molecular complexity index is 621. The molecule has 1 aliphatic carbocycles. The summed E-state index contributed by atoms with van der Waals surface area (Å²) in [6.07, 6.45) is -3.08. The maximum atomic E-state index is 14.5. The van der Waals surface area contributed by atoms with Crippen molar-refractivity contribution in [2.75, 3.05) is 19.6 Å². The average Bonchev–Trinajstić information content (AvgIpc) is 2.89. The van der Waals surface area contributed by atoms with Crippen molar-refractivity contribution in [3.8, 4) is 0 Å². The Kier molecular flexibility index (Phi) is 7.83. The van der Waals surface area contributed by atoms with Gasteiger partial charge in [0.2, 0.25) is 0 Å². The lowest BCUT2D eigenvalue weighted by Gasteiger charge is -2.24. The van der Waals surface area contributed by atoms with Crippen molar-refractivity contribution in [2.45, 2.75) is 44.5 Å². The van der Waals surface area contributed by atoms with Crippen LogP contribution in [0.5, 0.6) is 0 Å². The van der Waals surface area contributed by atoms with E-state index in [1.54, 1.807) is 52.0 Å². The second-order valence-electron chi connectivity index (χ2n) is 6.17. The highest BCUT2D eigenvalue weighted by molar-refractivity contribution is 7.53. The number of rotatable bonds is 9. The van der Waals surface area contributed by atoms with Crippen molar-refractivity contribution in [1.82, 2.24) is 0 Å². The molecule has 0 saturated heterocycles. The summed E-state index contributed by atoms with van der Waals surface area (Å²) in [5.74, 6) is -0.953. The molecule has 1 fully saturated rings. The molecular formula is C17H25BFO6P. The number of hydrogen-bond acceptors (Lipinski definition) is 6. The first-order chi connectivity index (χ1) is 12.4. The van der Waals surface area contributed by atoms with Crippen molar-refractivity contribution in [3.05, 3.63) is 35.9 Å². The van der Waals surface area contributed by atoms with Gasteiger partial charge in [-0.15, -0.1) is 0 Å². The quantitative estimate of drug-likeness (QED) is 0.369. The summed E-state index contributed by atoms with van der Waals surface area (Å²) in [6.45, 7) is 3.82. The highest BCUT2D eigenvalue weighted by Crippen LogP contribution is 2.49. The largest absolute Gasteiger partial charge is 0.453 e. The lowest BCUT2D eigenvalue weighted by atomic mass is 9.85. The molecule has 1 saturated carbocycles. The van der Waals surface area contributed by atoms with E-state index in [1.807, 2.05) is 0 Å². The van der Waals surface area contributed by atoms with Gasteiger partial charge in [0.05, 0.1) is 24.9 Å². The summed E-state index contributed by atoms with van der Waals surface area (Å²) in [6, 6.07) is 8.38. The molecule has 0 bridgehead atoms. The van der Waals surface area contributed by atoms with Crippen molar-refractivity contribution in [1.29, 1.82) is 0 Å². The minimum atomic E-state index is -3.42. The van der Waals surface area contributed by atoms with Gasteiger partial charge in [-0.05, 0) is 38.2 Å². The van der Waals surface area contributed by atoms with E-state index in [0.29, 0.717) is 12.0 Å². The molecule has 0 heterocycles. The average molecular weight is 386 g/mol. The Labute approximate surface area is 154 Å². The van der Waals surface area contributed by atoms with E-state index in [2.05, 4.69) is 0 Å². The summed E-state index contributed by atoms with van der Waals surface area (Å²) in [5.41, 5.74) is 0.340. The molecule has 1 aliphatic rings. The zero-order valence-electron chi connectivity index (χ0n) is 15.3. The van der Waals surface area contributed by atoms with E-state index in [-0.39, 0.29) is 25.4 Å². The summed E-state index contributed by atoms with van der Waals surface area (Å²) in [5, 5.41) is 0. The van der Waals surface area contributed by atoms with E-state index in [0.717, 1.165) is 0 Å².